The van der Waals surface area contributed by atoms with E-state index in [1.165, 1.54) is 12.1 Å². The number of nitro benzene ring substituents is 1. The van der Waals surface area contributed by atoms with Gasteiger partial charge in [0.05, 0.1) is 4.92 Å². The molecule has 7 nitrogen and oxygen atoms in total. The fraction of sp³-hybridized carbons (Fsp3) is 0.462. The van der Waals surface area contributed by atoms with Crippen molar-refractivity contribution in [3.63, 3.8) is 0 Å². The first kappa shape index (κ1) is 12.9. The molecule has 0 bridgehead atoms. The van der Waals surface area contributed by atoms with E-state index in [-0.39, 0.29) is 5.69 Å². The van der Waals surface area contributed by atoms with Gasteiger partial charge in [-0.15, -0.1) is 0 Å². The van der Waals surface area contributed by atoms with Crippen molar-refractivity contribution in [1.29, 1.82) is 0 Å². The van der Waals surface area contributed by atoms with Crippen LogP contribution in [-0.4, -0.2) is 41.0 Å². The number of non-ortho nitro benzene ring substituents is 1. The summed E-state index contributed by atoms with van der Waals surface area (Å²) >= 11 is 0. The molecule has 1 aromatic heterocycles. The Balaban J connectivity index is 1.80. The number of rotatable bonds is 3. The van der Waals surface area contributed by atoms with E-state index in [0.29, 0.717) is 23.2 Å². The zero-order valence-corrected chi connectivity index (χ0v) is 11.2. The summed E-state index contributed by atoms with van der Waals surface area (Å²) in [6.07, 6.45) is 2.21. The van der Waals surface area contributed by atoms with Crippen molar-refractivity contribution >= 4 is 22.8 Å². The van der Waals surface area contributed by atoms with Crippen molar-refractivity contribution in [2.24, 2.45) is 0 Å². The molecule has 2 aromatic rings. The van der Waals surface area contributed by atoms with Crippen LogP contribution in [-0.2, 0) is 0 Å². The molecule has 1 aromatic carbocycles. The second-order valence-corrected chi connectivity index (χ2v) is 5.17. The Morgan fingerprint density at radius 1 is 1.55 bits per heavy atom. The first-order chi connectivity index (χ1) is 9.61. The van der Waals surface area contributed by atoms with Crippen molar-refractivity contribution in [2.75, 3.05) is 25.5 Å². The molecule has 106 valence electrons. The highest BCUT2D eigenvalue weighted by Gasteiger charge is 2.19. The number of hydrogen-bond donors (Lipinski definition) is 1. The van der Waals surface area contributed by atoms with Gasteiger partial charge in [-0.1, -0.05) is 0 Å². The number of hydrogen-bond acceptors (Lipinski definition) is 6. The Morgan fingerprint density at radius 2 is 2.40 bits per heavy atom. The number of anilines is 1. The molecule has 1 N–H and O–H groups in total. The third-order valence-corrected chi connectivity index (χ3v) is 3.53. The molecule has 2 heterocycles. The van der Waals surface area contributed by atoms with Gasteiger partial charge in [0.25, 0.3) is 11.7 Å². The molecule has 0 spiro atoms. The SMILES string of the molecule is CN1CCCC(Nc2nc3cc([N+](=O)[O-])ccc3o2)C1. The molecule has 0 amide bonds. The molecule has 0 radical (unpaired) electrons. The van der Waals surface area contributed by atoms with E-state index in [1.807, 2.05) is 0 Å². The van der Waals surface area contributed by atoms with Gasteiger partial charge in [0.1, 0.15) is 5.52 Å². The standard InChI is InChI=1S/C13H16N4O3/c1-16-6-2-3-9(8-16)14-13-15-11-7-10(17(18)19)4-5-12(11)20-13/h4-5,7,9H,2-3,6,8H2,1H3,(H,14,15). The molecule has 7 heteroatoms. The first-order valence-electron chi connectivity index (χ1n) is 6.62. The van der Waals surface area contributed by atoms with E-state index in [0.717, 1.165) is 25.9 Å². The van der Waals surface area contributed by atoms with Crippen molar-refractivity contribution in [3.05, 3.63) is 28.3 Å². The second kappa shape index (κ2) is 5.09. The van der Waals surface area contributed by atoms with E-state index in [1.54, 1.807) is 6.07 Å². The van der Waals surface area contributed by atoms with E-state index in [4.69, 9.17) is 4.42 Å². The lowest BCUT2D eigenvalue weighted by molar-refractivity contribution is -0.384. The van der Waals surface area contributed by atoms with Gasteiger partial charge < -0.3 is 14.6 Å². The van der Waals surface area contributed by atoms with Gasteiger partial charge in [-0.05, 0) is 32.5 Å². The number of benzene rings is 1. The second-order valence-electron chi connectivity index (χ2n) is 5.17. The summed E-state index contributed by atoms with van der Waals surface area (Å²) in [6, 6.07) is 5.17. The minimum absolute atomic E-state index is 0.0229. The molecule has 1 aliphatic heterocycles. The number of aromatic nitrogens is 1. The Labute approximate surface area is 115 Å². The van der Waals surface area contributed by atoms with Gasteiger partial charge in [0.15, 0.2) is 5.58 Å². The maximum atomic E-state index is 10.7. The number of nitro groups is 1. The summed E-state index contributed by atoms with van der Waals surface area (Å²) in [4.78, 5) is 16.8. The maximum Gasteiger partial charge on any atom is 0.295 e. The summed E-state index contributed by atoms with van der Waals surface area (Å²) in [5, 5.41) is 14.0. The van der Waals surface area contributed by atoms with Crippen LogP contribution in [0.25, 0.3) is 11.1 Å². The number of likely N-dealkylation sites (N-methyl/N-ethyl adjacent to an activating group) is 1. The van der Waals surface area contributed by atoms with Gasteiger partial charge >= 0.3 is 0 Å². The predicted molar refractivity (Wildman–Crippen MR) is 74.8 cm³/mol. The normalized spacial score (nSPS) is 20.1. The monoisotopic (exact) mass is 276 g/mol. The van der Waals surface area contributed by atoms with Gasteiger partial charge in [0, 0.05) is 24.7 Å². The number of piperidine rings is 1. The largest absolute Gasteiger partial charge is 0.424 e. The zero-order chi connectivity index (χ0) is 14.1. The van der Waals surface area contributed by atoms with Crippen LogP contribution in [0.4, 0.5) is 11.7 Å². The van der Waals surface area contributed by atoms with Gasteiger partial charge in [-0.2, -0.15) is 4.98 Å². The Bertz CT molecular complexity index is 640. The fourth-order valence-electron chi connectivity index (χ4n) is 2.55. The summed E-state index contributed by atoms with van der Waals surface area (Å²) < 4.78 is 5.58. The minimum atomic E-state index is -0.433. The summed E-state index contributed by atoms with van der Waals surface area (Å²) in [5.41, 5.74) is 1.09. The predicted octanol–water partition coefficient (Wildman–Crippen LogP) is 2.24. The lowest BCUT2D eigenvalue weighted by atomic mass is 10.1. The average molecular weight is 276 g/mol. The summed E-state index contributed by atoms with van der Waals surface area (Å²) in [7, 11) is 2.09. The van der Waals surface area contributed by atoms with Gasteiger partial charge in [-0.25, -0.2) is 0 Å². The average Bonchev–Trinajstić information content (AvgIpc) is 2.79. The lowest BCUT2D eigenvalue weighted by Gasteiger charge is -2.29. The maximum absolute atomic E-state index is 10.7. The molecule has 3 rings (SSSR count). The highest BCUT2D eigenvalue weighted by Crippen LogP contribution is 2.24. The van der Waals surface area contributed by atoms with Crippen LogP contribution in [0.3, 0.4) is 0 Å². The molecule has 1 atom stereocenters. The molecule has 20 heavy (non-hydrogen) atoms. The van der Waals surface area contributed by atoms with Crippen molar-refractivity contribution in [2.45, 2.75) is 18.9 Å². The first-order valence-corrected chi connectivity index (χ1v) is 6.62. The summed E-state index contributed by atoms with van der Waals surface area (Å²) in [5.74, 6) is 0. The number of likely N-dealkylation sites (tertiary alicyclic amines) is 1. The van der Waals surface area contributed by atoms with E-state index >= 15 is 0 Å². The topological polar surface area (TPSA) is 84.4 Å². The fourth-order valence-corrected chi connectivity index (χ4v) is 2.55. The third kappa shape index (κ3) is 2.57. The minimum Gasteiger partial charge on any atom is -0.424 e. The van der Waals surface area contributed by atoms with Gasteiger partial charge in [0.2, 0.25) is 0 Å². The highest BCUT2D eigenvalue weighted by atomic mass is 16.6. The molecule has 0 aliphatic carbocycles. The van der Waals surface area contributed by atoms with Crippen molar-refractivity contribution in [1.82, 2.24) is 9.88 Å². The molecule has 1 fully saturated rings. The van der Waals surface area contributed by atoms with Crippen molar-refractivity contribution in [3.8, 4) is 0 Å². The molecular formula is C13H16N4O3. The third-order valence-electron chi connectivity index (χ3n) is 3.53. The van der Waals surface area contributed by atoms with Crippen LogP contribution in [0.15, 0.2) is 22.6 Å². The van der Waals surface area contributed by atoms with Crippen molar-refractivity contribution < 1.29 is 9.34 Å². The van der Waals surface area contributed by atoms with E-state index < -0.39 is 4.92 Å². The molecule has 1 unspecified atom stereocenters. The molecule has 1 saturated heterocycles. The van der Waals surface area contributed by atoms with E-state index in [9.17, 15) is 10.1 Å². The van der Waals surface area contributed by atoms with Crippen LogP contribution in [0.1, 0.15) is 12.8 Å². The Morgan fingerprint density at radius 3 is 3.15 bits per heavy atom. The number of oxazole rings is 1. The number of nitrogens with one attached hydrogen (secondary N) is 1. The van der Waals surface area contributed by atoms with Gasteiger partial charge in [-0.3, -0.25) is 10.1 Å². The van der Waals surface area contributed by atoms with Crippen LogP contribution in [0.5, 0.6) is 0 Å². The smallest absolute Gasteiger partial charge is 0.295 e. The molecule has 0 saturated carbocycles. The number of nitrogens with zero attached hydrogens (tertiary/aromatic N) is 3. The van der Waals surface area contributed by atoms with Crippen LogP contribution in [0, 0.1) is 10.1 Å². The van der Waals surface area contributed by atoms with Crippen LogP contribution < -0.4 is 5.32 Å². The lowest BCUT2D eigenvalue weighted by Crippen LogP contribution is -2.39. The van der Waals surface area contributed by atoms with Crippen LogP contribution >= 0.6 is 0 Å². The summed E-state index contributed by atoms with van der Waals surface area (Å²) in [6.45, 7) is 2.05. The highest BCUT2D eigenvalue weighted by molar-refractivity contribution is 5.77. The molecular weight excluding hydrogens is 260 g/mol. The Kier molecular flexibility index (Phi) is 3.27. The Hall–Kier alpha value is -2.15. The van der Waals surface area contributed by atoms with E-state index in [2.05, 4.69) is 22.2 Å². The van der Waals surface area contributed by atoms with Crippen LogP contribution in [0.2, 0.25) is 0 Å². The molecule has 1 aliphatic rings. The number of fused-ring (bicyclic) bond motifs is 1. The zero-order valence-electron chi connectivity index (χ0n) is 11.2. The quantitative estimate of drug-likeness (QED) is 0.683.